The van der Waals surface area contributed by atoms with Crippen LogP contribution in [0.4, 0.5) is 5.82 Å². The van der Waals surface area contributed by atoms with Crippen LogP contribution in [0.25, 0.3) is 0 Å². The minimum absolute atomic E-state index is 0.406. The van der Waals surface area contributed by atoms with Crippen molar-refractivity contribution in [1.82, 2.24) is 10.3 Å². The van der Waals surface area contributed by atoms with Gasteiger partial charge in [-0.1, -0.05) is 0 Å². The normalized spacial score (nSPS) is 16.9. The van der Waals surface area contributed by atoms with Gasteiger partial charge in [0.15, 0.2) is 0 Å². The first kappa shape index (κ1) is 10.9. The zero-order chi connectivity index (χ0) is 11.4. The fourth-order valence-electron chi connectivity index (χ4n) is 1.82. The molecule has 5 heteroatoms. The van der Waals surface area contributed by atoms with E-state index in [1.54, 1.807) is 18.3 Å². The van der Waals surface area contributed by atoms with Crippen molar-refractivity contribution in [2.24, 2.45) is 5.73 Å². The highest BCUT2D eigenvalue weighted by molar-refractivity contribution is 5.93. The first-order chi connectivity index (χ1) is 7.77. The molecule has 0 aliphatic carbocycles. The number of nitrogens with two attached hydrogens (primary N) is 1. The van der Waals surface area contributed by atoms with E-state index in [4.69, 9.17) is 5.73 Å². The Balaban J connectivity index is 2.18. The molecule has 1 amide bonds. The van der Waals surface area contributed by atoms with Gasteiger partial charge in [-0.3, -0.25) is 4.79 Å². The molecule has 1 aliphatic heterocycles. The Hall–Kier alpha value is -1.62. The van der Waals surface area contributed by atoms with Gasteiger partial charge in [0.1, 0.15) is 5.82 Å². The highest BCUT2D eigenvalue weighted by Crippen LogP contribution is 2.13. The number of carbonyl (C=O) groups excluding carboxylic acids is 1. The van der Waals surface area contributed by atoms with Crippen molar-refractivity contribution in [1.29, 1.82) is 0 Å². The highest BCUT2D eigenvalue weighted by Gasteiger charge is 2.11. The minimum atomic E-state index is -0.406. The van der Waals surface area contributed by atoms with Gasteiger partial charge < -0.3 is 16.0 Å². The molecule has 0 bridgehead atoms. The van der Waals surface area contributed by atoms with Gasteiger partial charge in [0.25, 0.3) is 0 Å². The number of anilines is 1. The maximum absolute atomic E-state index is 11.1. The van der Waals surface area contributed by atoms with E-state index in [9.17, 15) is 4.79 Å². The number of hydrogen-bond acceptors (Lipinski definition) is 4. The Bertz CT molecular complexity index is 372. The lowest BCUT2D eigenvalue weighted by molar-refractivity contribution is 0.1000. The summed E-state index contributed by atoms with van der Waals surface area (Å²) in [5.74, 6) is 0.427. The predicted octanol–water partition coefficient (Wildman–Crippen LogP) is -0.0198. The number of pyridine rings is 1. The highest BCUT2D eigenvalue weighted by atomic mass is 16.1. The predicted molar refractivity (Wildman–Crippen MR) is 62.5 cm³/mol. The van der Waals surface area contributed by atoms with Gasteiger partial charge in [-0.25, -0.2) is 4.98 Å². The summed E-state index contributed by atoms with van der Waals surface area (Å²) in [7, 11) is 0. The summed E-state index contributed by atoms with van der Waals surface area (Å²) in [6.07, 6.45) is 2.72. The molecule has 0 unspecified atom stereocenters. The van der Waals surface area contributed by atoms with Crippen molar-refractivity contribution in [2.45, 2.75) is 6.42 Å². The van der Waals surface area contributed by atoms with Gasteiger partial charge in [-0.15, -0.1) is 0 Å². The SMILES string of the molecule is NC(=O)c1ccnc(N2CCCNCC2)c1. The summed E-state index contributed by atoms with van der Waals surface area (Å²) in [4.78, 5) is 17.5. The first-order valence-corrected chi connectivity index (χ1v) is 5.49. The van der Waals surface area contributed by atoms with Gasteiger partial charge in [-0.2, -0.15) is 0 Å². The third-order valence-electron chi connectivity index (χ3n) is 2.69. The summed E-state index contributed by atoms with van der Waals surface area (Å²) in [5, 5.41) is 3.32. The number of rotatable bonds is 2. The van der Waals surface area contributed by atoms with Crippen LogP contribution < -0.4 is 16.0 Å². The summed E-state index contributed by atoms with van der Waals surface area (Å²) < 4.78 is 0. The van der Waals surface area contributed by atoms with E-state index in [1.807, 2.05) is 0 Å². The molecule has 1 saturated heterocycles. The van der Waals surface area contributed by atoms with Crippen molar-refractivity contribution in [2.75, 3.05) is 31.1 Å². The molecule has 0 aromatic carbocycles. The largest absolute Gasteiger partial charge is 0.366 e. The molecule has 1 aromatic heterocycles. The molecular formula is C11H16N4O. The van der Waals surface area contributed by atoms with Gasteiger partial charge in [0.05, 0.1) is 0 Å². The van der Waals surface area contributed by atoms with Crippen LogP contribution in [0.5, 0.6) is 0 Å². The molecular weight excluding hydrogens is 204 g/mol. The van der Waals surface area contributed by atoms with Gasteiger partial charge in [-0.05, 0) is 25.1 Å². The number of primary amides is 1. The summed E-state index contributed by atoms with van der Waals surface area (Å²) in [6.45, 7) is 3.85. The number of nitrogens with one attached hydrogen (secondary N) is 1. The van der Waals surface area contributed by atoms with Crippen molar-refractivity contribution in [3.8, 4) is 0 Å². The monoisotopic (exact) mass is 220 g/mol. The molecule has 0 radical (unpaired) electrons. The standard InChI is InChI=1S/C11H16N4O/c12-11(16)9-2-4-14-10(8-9)15-6-1-3-13-5-7-15/h2,4,8,13H,1,3,5-7H2,(H2,12,16). The number of hydrogen-bond donors (Lipinski definition) is 2. The fraction of sp³-hybridized carbons (Fsp3) is 0.455. The number of nitrogens with zero attached hydrogens (tertiary/aromatic N) is 2. The fourth-order valence-corrected chi connectivity index (χ4v) is 1.82. The molecule has 1 aromatic rings. The molecule has 86 valence electrons. The maximum atomic E-state index is 11.1. The van der Waals surface area contributed by atoms with Gasteiger partial charge in [0, 0.05) is 31.4 Å². The second-order valence-corrected chi connectivity index (χ2v) is 3.86. The Kier molecular flexibility index (Phi) is 3.36. The summed E-state index contributed by atoms with van der Waals surface area (Å²) >= 11 is 0. The van der Waals surface area contributed by atoms with Crippen molar-refractivity contribution in [3.05, 3.63) is 23.9 Å². The number of carbonyl (C=O) groups is 1. The lowest BCUT2D eigenvalue weighted by atomic mass is 10.2. The van der Waals surface area contributed by atoms with E-state index in [2.05, 4.69) is 15.2 Å². The molecule has 3 N–H and O–H groups in total. The molecule has 2 rings (SSSR count). The van der Waals surface area contributed by atoms with E-state index in [0.29, 0.717) is 5.56 Å². The van der Waals surface area contributed by atoms with Crippen molar-refractivity contribution >= 4 is 11.7 Å². The third kappa shape index (κ3) is 2.49. The van der Waals surface area contributed by atoms with Gasteiger partial charge in [0.2, 0.25) is 5.91 Å². The average Bonchev–Trinajstić information content (AvgIpc) is 2.57. The quantitative estimate of drug-likeness (QED) is 0.735. The Morgan fingerprint density at radius 3 is 3.12 bits per heavy atom. The van der Waals surface area contributed by atoms with Crippen LogP contribution in [0.3, 0.4) is 0 Å². The zero-order valence-corrected chi connectivity index (χ0v) is 9.15. The van der Waals surface area contributed by atoms with E-state index >= 15 is 0 Å². The summed E-state index contributed by atoms with van der Waals surface area (Å²) in [6, 6.07) is 3.40. The molecule has 0 spiro atoms. The lowest BCUT2D eigenvalue weighted by Crippen LogP contribution is -2.28. The van der Waals surface area contributed by atoms with Crippen molar-refractivity contribution in [3.63, 3.8) is 0 Å². The minimum Gasteiger partial charge on any atom is -0.366 e. The maximum Gasteiger partial charge on any atom is 0.248 e. The Labute approximate surface area is 94.6 Å². The summed E-state index contributed by atoms with van der Waals surface area (Å²) in [5.41, 5.74) is 5.76. The first-order valence-electron chi connectivity index (χ1n) is 5.49. The van der Waals surface area contributed by atoms with E-state index in [1.165, 1.54) is 0 Å². The third-order valence-corrected chi connectivity index (χ3v) is 2.69. The van der Waals surface area contributed by atoms with Crippen LogP contribution in [0.1, 0.15) is 16.8 Å². The van der Waals surface area contributed by atoms with E-state index in [-0.39, 0.29) is 0 Å². The molecule has 1 aliphatic rings. The van der Waals surface area contributed by atoms with Crippen LogP contribution in [0.2, 0.25) is 0 Å². The van der Waals surface area contributed by atoms with E-state index < -0.39 is 5.91 Å². The second-order valence-electron chi connectivity index (χ2n) is 3.86. The Morgan fingerprint density at radius 2 is 2.31 bits per heavy atom. The second kappa shape index (κ2) is 4.94. The lowest BCUT2D eigenvalue weighted by Gasteiger charge is -2.21. The van der Waals surface area contributed by atoms with Crippen molar-refractivity contribution < 1.29 is 4.79 Å². The molecule has 16 heavy (non-hydrogen) atoms. The smallest absolute Gasteiger partial charge is 0.248 e. The molecule has 1 fully saturated rings. The van der Waals surface area contributed by atoms with Crippen LogP contribution in [0, 0.1) is 0 Å². The zero-order valence-electron chi connectivity index (χ0n) is 9.15. The Morgan fingerprint density at radius 1 is 1.44 bits per heavy atom. The molecule has 5 nitrogen and oxygen atoms in total. The number of aromatic nitrogens is 1. The number of amides is 1. The molecule has 2 heterocycles. The average molecular weight is 220 g/mol. The van der Waals surface area contributed by atoms with Gasteiger partial charge >= 0.3 is 0 Å². The van der Waals surface area contributed by atoms with E-state index in [0.717, 1.165) is 38.4 Å². The topological polar surface area (TPSA) is 71.2 Å². The van der Waals surface area contributed by atoms with Crippen LogP contribution in [-0.4, -0.2) is 37.1 Å². The molecule has 0 saturated carbocycles. The van der Waals surface area contributed by atoms with Crippen LogP contribution in [-0.2, 0) is 0 Å². The van der Waals surface area contributed by atoms with Crippen LogP contribution in [0.15, 0.2) is 18.3 Å². The van der Waals surface area contributed by atoms with Crippen LogP contribution >= 0.6 is 0 Å². The molecule has 0 atom stereocenters.